The standard InChI is InChI=1S/C18H16N4O3/c23-17-15(22(24)25)16(20-14-8-4-5-11-21(14)17)19-12-18(9-10-18)13-6-2-1-3-7-13/h1-8,11,19H,9-10,12H2. The summed E-state index contributed by atoms with van der Waals surface area (Å²) < 4.78 is 1.19. The fourth-order valence-corrected chi connectivity index (χ4v) is 3.13. The van der Waals surface area contributed by atoms with Crippen molar-refractivity contribution in [2.75, 3.05) is 11.9 Å². The van der Waals surface area contributed by atoms with Crippen LogP contribution in [0.25, 0.3) is 5.65 Å². The van der Waals surface area contributed by atoms with E-state index in [4.69, 9.17) is 0 Å². The van der Waals surface area contributed by atoms with Gasteiger partial charge in [0.05, 0.1) is 4.92 Å². The highest BCUT2D eigenvalue weighted by Gasteiger charge is 2.44. The second kappa shape index (κ2) is 5.70. The molecular formula is C18H16N4O3. The molecule has 0 atom stereocenters. The Labute approximate surface area is 143 Å². The van der Waals surface area contributed by atoms with Gasteiger partial charge in [-0.25, -0.2) is 4.98 Å². The molecule has 0 aliphatic heterocycles. The third-order valence-electron chi connectivity index (χ3n) is 4.73. The summed E-state index contributed by atoms with van der Waals surface area (Å²) in [6, 6.07) is 15.1. The highest BCUT2D eigenvalue weighted by atomic mass is 16.6. The van der Waals surface area contributed by atoms with Crippen LogP contribution in [-0.4, -0.2) is 20.9 Å². The molecule has 0 radical (unpaired) electrons. The van der Waals surface area contributed by atoms with Gasteiger partial charge in [0.25, 0.3) is 0 Å². The van der Waals surface area contributed by atoms with E-state index in [9.17, 15) is 14.9 Å². The molecule has 2 aromatic heterocycles. The zero-order valence-corrected chi connectivity index (χ0v) is 13.4. The van der Waals surface area contributed by atoms with Gasteiger partial charge in [-0.3, -0.25) is 19.3 Å². The first-order chi connectivity index (χ1) is 12.1. The lowest BCUT2D eigenvalue weighted by atomic mass is 9.96. The van der Waals surface area contributed by atoms with Crippen molar-refractivity contribution >= 4 is 17.2 Å². The zero-order valence-electron chi connectivity index (χ0n) is 13.4. The van der Waals surface area contributed by atoms with Crippen molar-refractivity contribution in [3.8, 4) is 0 Å². The average molecular weight is 336 g/mol. The zero-order chi connectivity index (χ0) is 17.4. The molecule has 0 saturated heterocycles. The minimum absolute atomic E-state index is 0.0309. The number of nitrogens with one attached hydrogen (secondary N) is 1. The van der Waals surface area contributed by atoms with Crippen LogP contribution in [0.4, 0.5) is 11.5 Å². The molecule has 0 unspecified atom stereocenters. The maximum absolute atomic E-state index is 12.4. The maximum Gasteiger partial charge on any atom is 0.376 e. The molecule has 1 aromatic carbocycles. The number of hydrogen-bond donors (Lipinski definition) is 1. The smallest absolute Gasteiger partial charge is 0.363 e. The van der Waals surface area contributed by atoms with Gasteiger partial charge in [-0.15, -0.1) is 0 Å². The summed E-state index contributed by atoms with van der Waals surface area (Å²) in [4.78, 5) is 27.5. The molecule has 1 N–H and O–H groups in total. The molecule has 0 spiro atoms. The lowest BCUT2D eigenvalue weighted by Gasteiger charge is -2.17. The van der Waals surface area contributed by atoms with Crippen molar-refractivity contribution in [2.24, 2.45) is 0 Å². The van der Waals surface area contributed by atoms with Gasteiger partial charge in [0, 0.05) is 18.2 Å². The molecule has 3 aromatic rings. The summed E-state index contributed by atoms with van der Waals surface area (Å²) in [7, 11) is 0. The van der Waals surface area contributed by atoms with Gasteiger partial charge >= 0.3 is 11.2 Å². The SMILES string of the molecule is O=c1c([N+](=O)[O-])c(NCC2(c3ccccc3)CC2)nc2ccccn12. The van der Waals surface area contributed by atoms with Crippen LogP contribution in [-0.2, 0) is 5.41 Å². The van der Waals surface area contributed by atoms with Gasteiger partial charge in [-0.05, 0) is 30.5 Å². The number of aromatic nitrogens is 2. The van der Waals surface area contributed by atoms with Gasteiger partial charge in [-0.1, -0.05) is 36.4 Å². The van der Waals surface area contributed by atoms with E-state index in [0.29, 0.717) is 12.2 Å². The van der Waals surface area contributed by atoms with Crippen LogP contribution >= 0.6 is 0 Å². The average Bonchev–Trinajstić information content (AvgIpc) is 3.42. The van der Waals surface area contributed by atoms with Crippen LogP contribution in [0.15, 0.2) is 59.5 Å². The monoisotopic (exact) mass is 336 g/mol. The van der Waals surface area contributed by atoms with Crippen LogP contribution in [0.1, 0.15) is 18.4 Å². The molecule has 1 fully saturated rings. The Balaban J connectivity index is 1.71. The predicted octanol–water partition coefficient (Wildman–Crippen LogP) is 2.75. The summed E-state index contributed by atoms with van der Waals surface area (Å²) in [6.45, 7) is 0.507. The number of nitro groups is 1. The Hall–Kier alpha value is -3.22. The van der Waals surface area contributed by atoms with Crippen molar-refractivity contribution in [3.63, 3.8) is 0 Å². The second-order valence-electron chi connectivity index (χ2n) is 6.30. The minimum Gasteiger partial charge on any atom is -0.363 e. The first-order valence-electron chi connectivity index (χ1n) is 8.06. The summed E-state index contributed by atoms with van der Waals surface area (Å²) in [5.41, 5.74) is 0.335. The lowest BCUT2D eigenvalue weighted by molar-refractivity contribution is -0.385. The van der Waals surface area contributed by atoms with E-state index in [2.05, 4.69) is 22.4 Å². The second-order valence-corrected chi connectivity index (χ2v) is 6.30. The largest absolute Gasteiger partial charge is 0.376 e. The third kappa shape index (κ3) is 2.63. The lowest BCUT2D eigenvalue weighted by Crippen LogP contribution is -2.25. The molecule has 25 heavy (non-hydrogen) atoms. The van der Waals surface area contributed by atoms with Crippen LogP contribution < -0.4 is 10.9 Å². The van der Waals surface area contributed by atoms with E-state index in [0.717, 1.165) is 12.8 Å². The molecule has 2 heterocycles. The molecule has 0 bridgehead atoms. The molecule has 126 valence electrons. The Kier molecular flexibility index (Phi) is 3.49. The molecule has 0 amide bonds. The fraction of sp³-hybridized carbons (Fsp3) is 0.222. The van der Waals surface area contributed by atoms with Crippen molar-refractivity contribution in [1.82, 2.24) is 9.38 Å². The van der Waals surface area contributed by atoms with E-state index in [1.807, 2.05) is 18.2 Å². The fourth-order valence-electron chi connectivity index (χ4n) is 3.13. The molecule has 7 heteroatoms. The number of anilines is 1. The van der Waals surface area contributed by atoms with E-state index < -0.39 is 16.2 Å². The van der Waals surface area contributed by atoms with Crippen LogP contribution in [0.2, 0.25) is 0 Å². The molecule has 1 saturated carbocycles. The van der Waals surface area contributed by atoms with Gasteiger partial charge in [0.1, 0.15) is 5.65 Å². The van der Waals surface area contributed by atoms with Crippen molar-refractivity contribution in [3.05, 3.63) is 80.8 Å². The third-order valence-corrected chi connectivity index (χ3v) is 4.73. The number of benzene rings is 1. The number of rotatable bonds is 5. The van der Waals surface area contributed by atoms with E-state index in [1.165, 1.54) is 16.2 Å². The summed E-state index contributed by atoms with van der Waals surface area (Å²) in [5, 5.41) is 14.5. The molecule has 1 aliphatic rings. The number of hydrogen-bond acceptors (Lipinski definition) is 5. The van der Waals surface area contributed by atoms with Gasteiger partial charge < -0.3 is 5.32 Å². The number of pyridine rings is 1. The van der Waals surface area contributed by atoms with Crippen LogP contribution in [0.3, 0.4) is 0 Å². The quantitative estimate of drug-likeness (QED) is 0.571. The Morgan fingerprint density at radius 2 is 1.88 bits per heavy atom. The Morgan fingerprint density at radius 3 is 2.56 bits per heavy atom. The summed E-state index contributed by atoms with van der Waals surface area (Å²) >= 11 is 0. The Morgan fingerprint density at radius 1 is 1.16 bits per heavy atom. The van der Waals surface area contributed by atoms with Crippen LogP contribution in [0, 0.1) is 10.1 Å². The molecule has 7 nitrogen and oxygen atoms in total. The Bertz CT molecular complexity index is 1010. The van der Waals surface area contributed by atoms with E-state index in [1.54, 1.807) is 18.2 Å². The molecule has 1 aliphatic carbocycles. The normalized spacial score (nSPS) is 15.0. The van der Waals surface area contributed by atoms with Gasteiger partial charge in [0.15, 0.2) is 0 Å². The highest BCUT2D eigenvalue weighted by molar-refractivity contribution is 5.60. The highest BCUT2D eigenvalue weighted by Crippen LogP contribution is 2.48. The van der Waals surface area contributed by atoms with Gasteiger partial charge in [-0.2, -0.15) is 0 Å². The van der Waals surface area contributed by atoms with Crippen molar-refractivity contribution in [2.45, 2.75) is 18.3 Å². The van der Waals surface area contributed by atoms with E-state index >= 15 is 0 Å². The number of nitrogens with zero attached hydrogens (tertiary/aromatic N) is 3. The first kappa shape index (κ1) is 15.3. The first-order valence-corrected chi connectivity index (χ1v) is 8.06. The molecular weight excluding hydrogens is 320 g/mol. The maximum atomic E-state index is 12.4. The topological polar surface area (TPSA) is 89.5 Å². The number of fused-ring (bicyclic) bond motifs is 1. The van der Waals surface area contributed by atoms with Crippen molar-refractivity contribution < 1.29 is 4.92 Å². The predicted molar refractivity (Wildman–Crippen MR) is 94.0 cm³/mol. The van der Waals surface area contributed by atoms with Gasteiger partial charge in [0.2, 0.25) is 5.82 Å². The summed E-state index contributed by atoms with van der Waals surface area (Å²) in [5.74, 6) is 0.0309. The summed E-state index contributed by atoms with van der Waals surface area (Å²) in [6.07, 6.45) is 3.49. The molecule has 4 rings (SSSR count). The van der Waals surface area contributed by atoms with Crippen LogP contribution in [0.5, 0.6) is 0 Å². The van der Waals surface area contributed by atoms with Crippen molar-refractivity contribution in [1.29, 1.82) is 0 Å². The minimum atomic E-state index is -0.678. The van der Waals surface area contributed by atoms with E-state index in [-0.39, 0.29) is 11.2 Å².